The van der Waals surface area contributed by atoms with Gasteiger partial charge in [0.15, 0.2) is 0 Å². The van der Waals surface area contributed by atoms with Gasteiger partial charge in [-0.25, -0.2) is 4.98 Å². The molecule has 2 rings (SSSR count). The fourth-order valence-electron chi connectivity index (χ4n) is 2.48. The predicted octanol–water partition coefficient (Wildman–Crippen LogP) is 3.96. The third-order valence-electron chi connectivity index (χ3n) is 4.01. The molecule has 8 nitrogen and oxygen atoms in total. The van der Waals surface area contributed by atoms with Crippen LogP contribution < -0.4 is 15.5 Å². The largest absolute Gasteiger partial charge is 0.417 e. The maximum Gasteiger partial charge on any atom is 0.417 e. The van der Waals surface area contributed by atoms with Crippen molar-refractivity contribution in [1.29, 1.82) is 0 Å². The molecular formula is C18H19ClF3N5O3. The Morgan fingerprint density at radius 3 is 2.57 bits per heavy atom. The number of benzene rings is 1. The highest BCUT2D eigenvalue weighted by Crippen LogP contribution is 2.33. The van der Waals surface area contributed by atoms with Crippen LogP contribution in [0.3, 0.4) is 0 Å². The monoisotopic (exact) mass is 445 g/mol. The van der Waals surface area contributed by atoms with Crippen LogP contribution in [-0.2, 0) is 6.18 Å². The van der Waals surface area contributed by atoms with Gasteiger partial charge in [-0.15, -0.1) is 0 Å². The first-order valence-corrected chi connectivity index (χ1v) is 9.09. The van der Waals surface area contributed by atoms with Gasteiger partial charge in [-0.05, 0) is 18.6 Å². The van der Waals surface area contributed by atoms with E-state index in [2.05, 4.69) is 15.6 Å². The number of nitro benzene ring substituents is 1. The Morgan fingerprint density at radius 2 is 1.97 bits per heavy atom. The smallest absolute Gasteiger partial charge is 0.375 e. The molecule has 0 aliphatic carbocycles. The van der Waals surface area contributed by atoms with E-state index in [1.54, 1.807) is 14.1 Å². The number of rotatable bonds is 8. The highest BCUT2D eigenvalue weighted by Gasteiger charge is 2.32. The van der Waals surface area contributed by atoms with Crippen LogP contribution in [-0.4, -0.2) is 43.0 Å². The van der Waals surface area contributed by atoms with E-state index in [0.717, 1.165) is 18.3 Å². The fraction of sp³-hybridized carbons (Fsp3) is 0.333. The van der Waals surface area contributed by atoms with E-state index in [9.17, 15) is 28.1 Å². The number of nitrogens with one attached hydrogen (secondary N) is 2. The summed E-state index contributed by atoms with van der Waals surface area (Å²) in [6, 6.07) is 4.56. The summed E-state index contributed by atoms with van der Waals surface area (Å²) in [5.74, 6) is -0.286. The number of alkyl halides is 3. The van der Waals surface area contributed by atoms with E-state index >= 15 is 0 Å². The molecule has 0 fully saturated rings. The molecule has 1 heterocycles. The number of amides is 1. The predicted molar refractivity (Wildman–Crippen MR) is 107 cm³/mol. The van der Waals surface area contributed by atoms with Crippen molar-refractivity contribution >= 4 is 34.7 Å². The molecule has 0 aliphatic heterocycles. The van der Waals surface area contributed by atoms with Crippen LogP contribution in [0.15, 0.2) is 30.5 Å². The first-order valence-electron chi connectivity index (χ1n) is 8.71. The SMILES string of the molecule is CN(C)c1cc(C(F)(F)F)cnc1NCCCNC(=O)c1cc([N+](=O)[O-])ccc1Cl. The molecule has 162 valence electrons. The van der Waals surface area contributed by atoms with Gasteiger partial charge >= 0.3 is 6.18 Å². The van der Waals surface area contributed by atoms with E-state index in [4.69, 9.17) is 11.6 Å². The van der Waals surface area contributed by atoms with Gasteiger partial charge in [-0.2, -0.15) is 13.2 Å². The van der Waals surface area contributed by atoms with Gasteiger partial charge in [0, 0.05) is 45.5 Å². The van der Waals surface area contributed by atoms with Gasteiger partial charge in [0.25, 0.3) is 11.6 Å². The molecule has 2 N–H and O–H groups in total. The molecule has 0 aliphatic rings. The summed E-state index contributed by atoms with van der Waals surface area (Å²) in [6.07, 6.45) is -3.32. The minimum atomic E-state index is -4.49. The van der Waals surface area contributed by atoms with Crippen LogP contribution in [0.5, 0.6) is 0 Å². The maximum absolute atomic E-state index is 12.9. The number of anilines is 2. The van der Waals surface area contributed by atoms with Gasteiger partial charge < -0.3 is 15.5 Å². The zero-order valence-corrected chi connectivity index (χ0v) is 16.8. The molecule has 0 atom stereocenters. The second-order valence-corrected chi connectivity index (χ2v) is 6.85. The fourth-order valence-corrected chi connectivity index (χ4v) is 2.68. The molecule has 0 unspecified atom stereocenters. The Bertz CT molecular complexity index is 938. The minimum absolute atomic E-state index is 0.0156. The standard InChI is InChI=1S/C18H19ClF3N5O3/c1-26(2)15-8-11(18(20,21)22)10-25-16(15)23-6-3-7-24-17(28)13-9-12(27(29)30)4-5-14(13)19/h4-5,8-10H,3,6-7H2,1-2H3,(H,23,25)(H,24,28). The molecule has 0 saturated carbocycles. The maximum atomic E-state index is 12.9. The number of hydrogen-bond donors (Lipinski definition) is 2. The number of non-ortho nitro benzene ring substituents is 1. The molecule has 1 aromatic carbocycles. The summed E-state index contributed by atoms with van der Waals surface area (Å²) in [5.41, 5.74) is -0.844. The Balaban J connectivity index is 1.92. The molecule has 0 spiro atoms. The van der Waals surface area contributed by atoms with E-state index in [1.165, 1.54) is 17.0 Å². The first kappa shape index (κ1) is 23.2. The lowest BCUT2D eigenvalue weighted by atomic mass is 10.2. The summed E-state index contributed by atoms with van der Waals surface area (Å²) in [6.45, 7) is 0.533. The highest BCUT2D eigenvalue weighted by atomic mass is 35.5. The van der Waals surface area contributed by atoms with Crippen LogP contribution in [0.25, 0.3) is 0 Å². The van der Waals surface area contributed by atoms with E-state index in [-0.39, 0.29) is 34.3 Å². The molecule has 0 bridgehead atoms. The van der Waals surface area contributed by atoms with Crippen LogP contribution in [0.2, 0.25) is 5.02 Å². The third-order valence-corrected chi connectivity index (χ3v) is 4.34. The van der Waals surface area contributed by atoms with Crippen molar-refractivity contribution in [3.63, 3.8) is 0 Å². The number of carbonyl (C=O) groups excluding carboxylic acids is 1. The molecule has 1 aromatic heterocycles. The number of carbonyl (C=O) groups is 1. The van der Waals surface area contributed by atoms with Crippen LogP contribution in [0.4, 0.5) is 30.4 Å². The van der Waals surface area contributed by atoms with E-state index in [1.807, 2.05) is 0 Å². The molecule has 0 saturated heterocycles. The number of nitrogens with zero attached hydrogens (tertiary/aromatic N) is 3. The highest BCUT2D eigenvalue weighted by molar-refractivity contribution is 6.33. The Hall–Kier alpha value is -3.08. The Morgan fingerprint density at radius 1 is 1.27 bits per heavy atom. The molecule has 2 aromatic rings. The van der Waals surface area contributed by atoms with E-state index < -0.39 is 22.6 Å². The Labute approximate surface area is 175 Å². The van der Waals surface area contributed by atoms with Crippen molar-refractivity contribution in [3.05, 3.63) is 56.7 Å². The van der Waals surface area contributed by atoms with Crippen molar-refractivity contribution in [2.45, 2.75) is 12.6 Å². The minimum Gasteiger partial charge on any atom is -0.375 e. The number of halogens is 4. The lowest BCUT2D eigenvalue weighted by Gasteiger charge is -2.19. The average Bonchev–Trinajstić information content (AvgIpc) is 2.66. The Kier molecular flexibility index (Phi) is 7.43. The summed E-state index contributed by atoms with van der Waals surface area (Å²) in [5, 5.41) is 16.4. The van der Waals surface area contributed by atoms with Gasteiger partial charge in [0.05, 0.1) is 26.8 Å². The van der Waals surface area contributed by atoms with Gasteiger partial charge in [-0.1, -0.05) is 11.6 Å². The van der Waals surface area contributed by atoms with Crippen molar-refractivity contribution < 1.29 is 22.9 Å². The number of hydrogen-bond acceptors (Lipinski definition) is 6. The third kappa shape index (κ3) is 5.96. The molecule has 12 heteroatoms. The van der Waals surface area contributed by atoms with Crippen molar-refractivity contribution in [2.24, 2.45) is 0 Å². The second kappa shape index (κ2) is 9.61. The van der Waals surface area contributed by atoms with E-state index in [0.29, 0.717) is 13.0 Å². The van der Waals surface area contributed by atoms with Crippen LogP contribution >= 0.6 is 11.6 Å². The van der Waals surface area contributed by atoms with Crippen molar-refractivity contribution in [3.8, 4) is 0 Å². The van der Waals surface area contributed by atoms with Gasteiger partial charge in [-0.3, -0.25) is 14.9 Å². The second-order valence-electron chi connectivity index (χ2n) is 6.44. The molecule has 30 heavy (non-hydrogen) atoms. The summed E-state index contributed by atoms with van der Waals surface area (Å²) >= 11 is 5.92. The zero-order chi connectivity index (χ0) is 22.5. The summed E-state index contributed by atoms with van der Waals surface area (Å²) in [7, 11) is 3.21. The van der Waals surface area contributed by atoms with Crippen molar-refractivity contribution in [2.75, 3.05) is 37.4 Å². The topological polar surface area (TPSA) is 100 Å². The summed E-state index contributed by atoms with van der Waals surface area (Å²) in [4.78, 5) is 27.7. The molecular weight excluding hydrogens is 427 g/mol. The molecule has 0 radical (unpaired) electrons. The average molecular weight is 446 g/mol. The zero-order valence-electron chi connectivity index (χ0n) is 16.1. The number of pyridine rings is 1. The first-order chi connectivity index (χ1) is 14.0. The lowest BCUT2D eigenvalue weighted by molar-refractivity contribution is -0.384. The normalized spacial score (nSPS) is 11.1. The number of nitro groups is 1. The van der Waals surface area contributed by atoms with Crippen LogP contribution in [0, 0.1) is 10.1 Å². The lowest BCUT2D eigenvalue weighted by Crippen LogP contribution is -2.26. The van der Waals surface area contributed by atoms with Crippen molar-refractivity contribution in [1.82, 2.24) is 10.3 Å². The van der Waals surface area contributed by atoms with Gasteiger partial charge in [0.1, 0.15) is 5.82 Å². The van der Waals surface area contributed by atoms with Gasteiger partial charge in [0.2, 0.25) is 0 Å². The molecule has 1 amide bonds. The number of aromatic nitrogens is 1. The quantitative estimate of drug-likeness (QED) is 0.362. The van der Waals surface area contributed by atoms with Crippen LogP contribution in [0.1, 0.15) is 22.3 Å². The summed E-state index contributed by atoms with van der Waals surface area (Å²) < 4.78 is 38.6.